The maximum atomic E-state index is 13.4. The fraction of sp³-hybridized carbons (Fsp3) is 0.250. The molecular weight excluding hydrogens is 223 g/mol. The Morgan fingerprint density at radius 2 is 2.19 bits per heavy atom. The zero-order valence-corrected chi connectivity index (χ0v) is 10.1. The summed E-state index contributed by atoms with van der Waals surface area (Å²) in [6, 6.07) is 5.08. The van der Waals surface area contributed by atoms with E-state index in [9.17, 15) is 4.39 Å². The van der Waals surface area contributed by atoms with Crippen LogP contribution >= 0.6 is 11.3 Å². The first-order valence-corrected chi connectivity index (χ1v) is 5.95. The molecular formula is C12H13FN2S. The Morgan fingerprint density at radius 1 is 1.44 bits per heavy atom. The maximum absolute atomic E-state index is 13.4. The molecule has 0 aliphatic carbocycles. The van der Waals surface area contributed by atoms with Crippen molar-refractivity contribution in [2.45, 2.75) is 20.3 Å². The van der Waals surface area contributed by atoms with Crippen molar-refractivity contribution < 1.29 is 4.39 Å². The summed E-state index contributed by atoms with van der Waals surface area (Å²) in [5, 5.41) is 1.63. The normalized spacial score (nSPS) is 10.7. The number of hydrogen-bond donors (Lipinski definition) is 1. The van der Waals surface area contributed by atoms with Crippen molar-refractivity contribution in [1.82, 2.24) is 4.98 Å². The van der Waals surface area contributed by atoms with Gasteiger partial charge in [0.25, 0.3) is 0 Å². The lowest BCUT2D eigenvalue weighted by atomic mass is 10.1. The number of thiazole rings is 1. The molecule has 0 saturated carbocycles. The predicted octanol–water partition coefficient (Wildman–Crippen LogP) is 3.40. The molecule has 0 spiro atoms. The molecule has 0 unspecified atom stereocenters. The Balaban J connectivity index is 2.49. The van der Waals surface area contributed by atoms with Crippen LogP contribution in [0.15, 0.2) is 18.2 Å². The summed E-state index contributed by atoms with van der Waals surface area (Å²) in [6.07, 6.45) is 0.850. The molecule has 0 radical (unpaired) electrons. The second-order valence-corrected chi connectivity index (χ2v) is 4.75. The first-order valence-electron chi connectivity index (χ1n) is 5.13. The zero-order valence-electron chi connectivity index (χ0n) is 9.25. The highest BCUT2D eigenvalue weighted by Crippen LogP contribution is 2.31. The van der Waals surface area contributed by atoms with Crippen LogP contribution < -0.4 is 5.73 Å². The molecule has 0 saturated heterocycles. The SMILES string of the molecule is CCc1nc(-c2ccc(C)c(F)c2)c(N)s1. The van der Waals surface area contributed by atoms with Gasteiger partial charge in [0, 0.05) is 5.56 Å². The number of benzene rings is 1. The van der Waals surface area contributed by atoms with E-state index in [0.717, 1.165) is 17.0 Å². The van der Waals surface area contributed by atoms with Crippen molar-refractivity contribution in [2.24, 2.45) is 0 Å². The largest absolute Gasteiger partial charge is 0.389 e. The van der Waals surface area contributed by atoms with Gasteiger partial charge in [-0.15, -0.1) is 11.3 Å². The van der Waals surface area contributed by atoms with Gasteiger partial charge < -0.3 is 5.73 Å². The molecule has 2 aromatic rings. The summed E-state index contributed by atoms with van der Waals surface area (Å²) in [6.45, 7) is 3.76. The van der Waals surface area contributed by atoms with Crippen LogP contribution in [0.3, 0.4) is 0 Å². The Labute approximate surface area is 97.9 Å². The number of halogens is 1. The number of nitrogens with zero attached hydrogens (tertiary/aromatic N) is 1. The van der Waals surface area contributed by atoms with Gasteiger partial charge in [0.1, 0.15) is 16.5 Å². The van der Waals surface area contributed by atoms with Crippen LogP contribution in [0.5, 0.6) is 0 Å². The van der Waals surface area contributed by atoms with Gasteiger partial charge in [-0.2, -0.15) is 0 Å². The van der Waals surface area contributed by atoms with Crippen LogP contribution in [0, 0.1) is 12.7 Å². The number of anilines is 1. The molecule has 2 nitrogen and oxygen atoms in total. The van der Waals surface area contributed by atoms with Gasteiger partial charge in [-0.05, 0) is 25.0 Å². The van der Waals surface area contributed by atoms with Crippen molar-refractivity contribution in [3.8, 4) is 11.3 Å². The first kappa shape index (κ1) is 11.1. The van der Waals surface area contributed by atoms with E-state index in [1.54, 1.807) is 13.0 Å². The number of hydrogen-bond acceptors (Lipinski definition) is 3. The summed E-state index contributed by atoms with van der Waals surface area (Å²) in [5.74, 6) is -0.219. The molecule has 16 heavy (non-hydrogen) atoms. The summed E-state index contributed by atoms with van der Waals surface area (Å²) in [5.41, 5.74) is 7.95. The second kappa shape index (κ2) is 4.22. The lowest BCUT2D eigenvalue weighted by molar-refractivity contribution is 0.619. The predicted molar refractivity (Wildman–Crippen MR) is 66.0 cm³/mol. The molecule has 0 amide bonds. The van der Waals surface area contributed by atoms with Crippen LogP contribution in [-0.4, -0.2) is 4.98 Å². The Bertz CT molecular complexity index is 520. The fourth-order valence-electron chi connectivity index (χ4n) is 1.48. The minimum absolute atomic E-state index is 0.219. The van der Waals surface area contributed by atoms with Crippen molar-refractivity contribution in [3.05, 3.63) is 34.6 Å². The molecule has 4 heteroatoms. The first-order chi connectivity index (χ1) is 7.61. The highest BCUT2D eigenvalue weighted by molar-refractivity contribution is 7.16. The van der Waals surface area contributed by atoms with E-state index in [2.05, 4.69) is 4.98 Å². The molecule has 0 bridgehead atoms. The van der Waals surface area contributed by atoms with Crippen molar-refractivity contribution in [3.63, 3.8) is 0 Å². The van der Waals surface area contributed by atoms with Gasteiger partial charge in [-0.25, -0.2) is 9.37 Å². The van der Waals surface area contributed by atoms with Crippen molar-refractivity contribution in [1.29, 1.82) is 0 Å². The van der Waals surface area contributed by atoms with Crippen LogP contribution in [0.2, 0.25) is 0 Å². The second-order valence-electron chi connectivity index (χ2n) is 3.64. The molecule has 2 rings (SSSR count). The minimum atomic E-state index is -0.219. The van der Waals surface area contributed by atoms with E-state index in [-0.39, 0.29) is 5.82 Å². The number of rotatable bonds is 2. The average Bonchev–Trinajstić information content (AvgIpc) is 2.64. The van der Waals surface area contributed by atoms with E-state index in [0.29, 0.717) is 16.3 Å². The summed E-state index contributed by atoms with van der Waals surface area (Å²) >= 11 is 1.46. The van der Waals surface area contributed by atoms with E-state index >= 15 is 0 Å². The van der Waals surface area contributed by atoms with Crippen LogP contribution in [-0.2, 0) is 6.42 Å². The van der Waals surface area contributed by atoms with E-state index in [1.807, 2.05) is 13.0 Å². The lowest BCUT2D eigenvalue weighted by Gasteiger charge is -2.01. The highest BCUT2D eigenvalue weighted by atomic mass is 32.1. The quantitative estimate of drug-likeness (QED) is 0.868. The number of nitrogens with two attached hydrogens (primary N) is 1. The molecule has 0 atom stereocenters. The summed E-state index contributed by atoms with van der Waals surface area (Å²) in [4.78, 5) is 4.40. The minimum Gasteiger partial charge on any atom is -0.389 e. The molecule has 84 valence electrons. The van der Waals surface area contributed by atoms with Gasteiger partial charge in [0.05, 0.1) is 5.01 Å². The molecule has 1 aromatic carbocycles. The van der Waals surface area contributed by atoms with Gasteiger partial charge in [0.2, 0.25) is 0 Å². The zero-order chi connectivity index (χ0) is 11.7. The molecule has 1 heterocycles. The monoisotopic (exact) mass is 236 g/mol. The third-order valence-electron chi connectivity index (χ3n) is 2.45. The smallest absolute Gasteiger partial charge is 0.126 e. The van der Waals surface area contributed by atoms with Crippen LogP contribution in [0.1, 0.15) is 17.5 Å². The van der Waals surface area contributed by atoms with Gasteiger partial charge >= 0.3 is 0 Å². The Kier molecular flexibility index (Phi) is 2.92. The maximum Gasteiger partial charge on any atom is 0.126 e. The molecule has 0 fully saturated rings. The molecule has 2 N–H and O–H groups in total. The van der Waals surface area contributed by atoms with Gasteiger partial charge in [-0.1, -0.05) is 19.1 Å². The van der Waals surface area contributed by atoms with E-state index < -0.39 is 0 Å². The third-order valence-corrected chi connectivity index (χ3v) is 3.47. The highest BCUT2D eigenvalue weighted by Gasteiger charge is 2.10. The number of nitrogen functional groups attached to an aromatic ring is 1. The Hall–Kier alpha value is -1.42. The molecule has 0 aliphatic heterocycles. The lowest BCUT2D eigenvalue weighted by Crippen LogP contribution is -1.89. The standard InChI is InChI=1S/C12H13FN2S/c1-3-10-15-11(12(14)16-10)8-5-4-7(2)9(13)6-8/h4-6H,3,14H2,1-2H3. The Morgan fingerprint density at radius 3 is 2.75 bits per heavy atom. The van der Waals surface area contributed by atoms with Crippen LogP contribution in [0.4, 0.5) is 9.39 Å². The molecule has 1 aromatic heterocycles. The fourth-order valence-corrected chi connectivity index (χ4v) is 2.27. The van der Waals surface area contributed by atoms with E-state index in [1.165, 1.54) is 17.4 Å². The topological polar surface area (TPSA) is 38.9 Å². The van der Waals surface area contributed by atoms with Gasteiger partial charge in [-0.3, -0.25) is 0 Å². The number of aryl methyl sites for hydroxylation is 2. The average molecular weight is 236 g/mol. The molecule has 0 aliphatic rings. The number of aromatic nitrogens is 1. The van der Waals surface area contributed by atoms with Crippen molar-refractivity contribution >= 4 is 16.3 Å². The van der Waals surface area contributed by atoms with Crippen LogP contribution in [0.25, 0.3) is 11.3 Å². The summed E-state index contributed by atoms with van der Waals surface area (Å²) in [7, 11) is 0. The van der Waals surface area contributed by atoms with Gasteiger partial charge in [0.15, 0.2) is 0 Å². The van der Waals surface area contributed by atoms with Crippen molar-refractivity contribution in [2.75, 3.05) is 5.73 Å². The summed E-state index contributed by atoms with van der Waals surface area (Å²) < 4.78 is 13.4. The third kappa shape index (κ3) is 1.93. The van der Waals surface area contributed by atoms with E-state index in [4.69, 9.17) is 5.73 Å².